The molecule has 0 fully saturated rings. The molecule has 3 nitrogen and oxygen atoms in total. The zero-order valence-electron chi connectivity index (χ0n) is 26.7. The molecule has 5 aromatic carbocycles. The molecule has 0 aliphatic heterocycles. The molecule has 45 heavy (non-hydrogen) atoms. The Morgan fingerprint density at radius 1 is 0.800 bits per heavy atom. The van der Waals surface area contributed by atoms with Crippen LogP contribution < -0.4 is 0 Å². The van der Waals surface area contributed by atoms with Gasteiger partial charge in [-0.15, -0.1) is 41.3 Å². The largest absolute Gasteiger partial charge is 0.333 e. The van der Waals surface area contributed by atoms with Gasteiger partial charge >= 0.3 is 0 Å². The Morgan fingerprint density at radius 2 is 1.58 bits per heavy atom. The van der Waals surface area contributed by atoms with Crippen molar-refractivity contribution < 1.29 is 28.6 Å². The second-order valence-corrected chi connectivity index (χ2v) is 10.9. The van der Waals surface area contributed by atoms with Crippen LogP contribution in [0.15, 0.2) is 140 Å². The van der Waals surface area contributed by atoms with E-state index in [1.54, 1.807) is 30.3 Å². The number of rotatable bonds is 4. The second kappa shape index (κ2) is 13.5. The molecular formula is C39H26FIrN3S-2. The predicted octanol–water partition coefficient (Wildman–Crippen LogP) is 10.4. The minimum absolute atomic E-state index is 0. The predicted molar refractivity (Wildman–Crippen MR) is 179 cm³/mol. The first-order valence-corrected chi connectivity index (χ1v) is 14.8. The molecule has 0 saturated carbocycles. The number of aromatic nitrogens is 3. The van der Waals surface area contributed by atoms with Gasteiger partial charge in [0.25, 0.3) is 0 Å². The number of thiophene rings is 1. The zero-order valence-corrected chi connectivity index (χ0v) is 27.0. The van der Waals surface area contributed by atoms with Gasteiger partial charge in [0.1, 0.15) is 5.82 Å². The van der Waals surface area contributed by atoms with Crippen molar-refractivity contribution in [2.45, 2.75) is 6.85 Å². The molecule has 0 unspecified atom stereocenters. The van der Waals surface area contributed by atoms with Gasteiger partial charge in [0.2, 0.25) is 0 Å². The quantitative estimate of drug-likeness (QED) is 0.167. The van der Waals surface area contributed by atoms with Crippen LogP contribution in [0.3, 0.4) is 0 Å². The van der Waals surface area contributed by atoms with Crippen LogP contribution in [0, 0.1) is 24.1 Å². The van der Waals surface area contributed by atoms with Crippen LogP contribution in [0.5, 0.6) is 0 Å². The molecule has 3 heterocycles. The summed E-state index contributed by atoms with van der Waals surface area (Å²) in [7, 11) is 0. The Kier molecular flexibility index (Phi) is 7.99. The monoisotopic (exact) mass is 783 g/mol. The smallest absolute Gasteiger partial charge is 0.113 e. The van der Waals surface area contributed by atoms with Crippen molar-refractivity contribution in [2.24, 2.45) is 0 Å². The van der Waals surface area contributed by atoms with Crippen molar-refractivity contribution in [3.63, 3.8) is 0 Å². The van der Waals surface area contributed by atoms with E-state index < -0.39 is 6.85 Å². The molecule has 8 rings (SSSR count). The van der Waals surface area contributed by atoms with Gasteiger partial charge in [-0.1, -0.05) is 94.5 Å². The number of fused-ring (bicyclic) bond motifs is 2. The van der Waals surface area contributed by atoms with Gasteiger partial charge in [0.05, 0.1) is 16.9 Å². The fourth-order valence-corrected chi connectivity index (χ4v) is 5.93. The summed E-state index contributed by atoms with van der Waals surface area (Å²) in [6.07, 6.45) is 1.39. The molecule has 0 spiro atoms. The summed E-state index contributed by atoms with van der Waals surface area (Å²) in [4.78, 5) is 9.03. The fraction of sp³-hybridized carbons (Fsp3) is 0.0256. The Labute approximate surface area is 283 Å². The molecule has 221 valence electrons. The number of hydrogen-bond donors (Lipinski definition) is 0. The Hall–Kier alpha value is -4.74. The minimum Gasteiger partial charge on any atom is -0.333 e. The summed E-state index contributed by atoms with van der Waals surface area (Å²) >= 11 is 1.49. The number of para-hydroxylation sites is 2. The second-order valence-electron chi connectivity index (χ2n) is 10.1. The van der Waals surface area contributed by atoms with Crippen molar-refractivity contribution in [1.82, 2.24) is 14.5 Å². The van der Waals surface area contributed by atoms with Gasteiger partial charge in [-0.2, -0.15) is 0 Å². The van der Waals surface area contributed by atoms with E-state index >= 15 is 0 Å². The number of hydrogen-bond acceptors (Lipinski definition) is 3. The van der Waals surface area contributed by atoms with E-state index in [1.807, 2.05) is 54.6 Å². The zero-order chi connectivity index (χ0) is 32.4. The van der Waals surface area contributed by atoms with E-state index in [2.05, 4.69) is 63.5 Å². The van der Waals surface area contributed by atoms with E-state index in [4.69, 9.17) is 9.10 Å². The molecule has 0 bridgehead atoms. The molecular weight excluding hydrogens is 754 g/mol. The average Bonchev–Trinajstić information content (AvgIpc) is 3.70. The standard InChI is InChI=1S/C27H16FN2S.C12H10N.Ir/c28-20-12-15-26-22(16-20)23(17-31-26)27-29-24-8-4-5-9-25(24)30(27)21-13-10-19(11-14-21)18-6-2-1-3-7-18;1-10-7-8-12(13-9-10)11-5-3-2-4-6-11;/h1-16H;2-5,7-9H,1H3;/q2*-1;/i;1D3;. The van der Waals surface area contributed by atoms with Crippen LogP contribution in [0.25, 0.3) is 60.6 Å². The minimum atomic E-state index is -2.09. The van der Waals surface area contributed by atoms with Crippen molar-refractivity contribution >= 4 is 32.5 Å². The molecule has 8 aromatic rings. The van der Waals surface area contributed by atoms with Crippen LogP contribution in [0.4, 0.5) is 4.39 Å². The fourth-order valence-electron chi connectivity index (χ4n) is 5.11. The third-order valence-electron chi connectivity index (χ3n) is 7.24. The Balaban J connectivity index is 0.000000201. The first-order valence-electron chi connectivity index (χ1n) is 15.5. The molecule has 0 saturated heterocycles. The topological polar surface area (TPSA) is 30.7 Å². The van der Waals surface area contributed by atoms with E-state index in [9.17, 15) is 4.39 Å². The molecule has 0 N–H and O–H groups in total. The summed E-state index contributed by atoms with van der Waals surface area (Å²) in [5.74, 6) is 0.515. The molecule has 1 radical (unpaired) electrons. The van der Waals surface area contributed by atoms with Crippen molar-refractivity contribution in [3.05, 3.63) is 162 Å². The number of imidazole rings is 1. The third-order valence-corrected chi connectivity index (χ3v) is 8.12. The van der Waals surface area contributed by atoms with Crippen LogP contribution in [0.2, 0.25) is 0 Å². The van der Waals surface area contributed by atoms with Gasteiger partial charge in [0, 0.05) is 36.1 Å². The first kappa shape index (κ1) is 26.6. The molecule has 0 aliphatic rings. The van der Waals surface area contributed by atoms with Crippen molar-refractivity contribution in [3.8, 4) is 39.5 Å². The normalized spacial score (nSPS) is 12.0. The SMILES string of the molecule is Fc1ccc2s[c-]c(-c3nc4ccccc4n3-c3ccc(-c4ccccc4)cc3)c2c1.[2H]C([2H])([2H])c1ccc(-c2[c-]cccc2)nc1.[Ir]. The average molecular weight is 783 g/mol. The van der Waals surface area contributed by atoms with Crippen LogP contribution in [-0.2, 0) is 20.1 Å². The molecule has 0 amide bonds. The maximum atomic E-state index is 14.0. The summed E-state index contributed by atoms with van der Waals surface area (Å²) in [6, 6.07) is 45.5. The number of halogens is 1. The van der Waals surface area contributed by atoms with E-state index in [0.29, 0.717) is 0 Å². The summed E-state index contributed by atoms with van der Waals surface area (Å²) in [5.41, 5.74) is 7.92. The van der Waals surface area contributed by atoms with Crippen LogP contribution in [-0.4, -0.2) is 14.5 Å². The van der Waals surface area contributed by atoms with E-state index in [0.717, 1.165) is 55.0 Å². The Morgan fingerprint density at radius 3 is 2.33 bits per heavy atom. The molecule has 6 heteroatoms. The van der Waals surface area contributed by atoms with E-state index in [-0.39, 0.29) is 31.5 Å². The van der Waals surface area contributed by atoms with Crippen LogP contribution >= 0.6 is 11.3 Å². The third kappa shape index (κ3) is 6.40. The maximum absolute atomic E-state index is 14.0. The van der Waals surface area contributed by atoms with Crippen molar-refractivity contribution in [2.75, 3.05) is 0 Å². The van der Waals surface area contributed by atoms with Gasteiger partial charge in [-0.25, -0.2) is 4.39 Å². The number of pyridine rings is 1. The molecule has 0 aliphatic carbocycles. The van der Waals surface area contributed by atoms with Crippen LogP contribution in [0.1, 0.15) is 9.68 Å². The Bertz CT molecular complexity index is 2280. The van der Waals surface area contributed by atoms with Gasteiger partial charge in [0.15, 0.2) is 0 Å². The summed E-state index contributed by atoms with van der Waals surface area (Å²) in [5, 5.41) is 4.19. The molecule has 0 atom stereocenters. The van der Waals surface area contributed by atoms with Gasteiger partial charge in [-0.3, -0.25) is 16.3 Å². The van der Waals surface area contributed by atoms with Crippen molar-refractivity contribution in [1.29, 1.82) is 0 Å². The van der Waals surface area contributed by atoms with E-state index in [1.165, 1.54) is 29.2 Å². The number of benzene rings is 5. The number of nitrogens with zero attached hydrogens (tertiary/aromatic N) is 3. The first-order chi connectivity index (χ1) is 22.8. The summed E-state index contributed by atoms with van der Waals surface area (Å²) < 4.78 is 38.8. The maximum Gasteiger partial charge on any atom is 0.113 e. The number of aryl methyl sites for hydroxylation is 1. The van der Waals surface area contributed by atoms with Gasteiger partial charge in [-0.05, 0) is 59.6 Å². The summed E-state index contributed by atoms with van der Waals surface area (Å²) in [6.45, 7) is -2.09. The molecule has 3 aromatic heterocycles. The van der Waals surface area contributed by atoms with Gasteiger partial charge < -0.3 is 9.55 Å².